The molecule has 7 nitrogen and oxygen atoms in total. The van der Waals surface area contributed by atoms with E-state index in [1.165, 1.54) is 5.69 Å². The first kappa shape index (κ1) is 16.0. The van der Waals surface area contributed by atoms with E-state index in [0.717, 1.165) is 13.1 Å². The van der Waals surface area contributed by atoms with Gasteiger partial charge in [0.05, 0.1) is 6.54 Å². The first-order valence-corrected chi connectivity index (χ1v) is 7.99. The molecule has 2 amide bonds. The lowest BCUT2D eigenvalue weighted by Gasteiger charge is -2.36. The van der Waals surface area contributed by atoms with Crippen LogP contribution in [0.25, 0.3) is 0 Å². The number of carbonyl (C=O) groups is 2. The highest BCUT2D eigenvalue weighted by atomic mass is 16.2. The maximum absolute atomic E-state index is 12.2. The second-order valence-corrected chi connectivity index (χ2v) is 5.76. The van der Waals surface area contributed by atoms with Crippen molar-refractivity contribution in [3.05, 3.63) is 48.3 Å². The van der Waals surface area contributed by atoms with Crippen LogP contribution < -0.4 is 10.2 Å². The number of aryl methyl sites for hydroxylation is 1. The Labute approximate surface area is 140 Å². The molecule has 0 radical (unpaired) electrons. The molecule has 2 heterocycles. The minimum absolute atomic E-state index is 0.000739. The highest BCUT2D eigenvalue weighted by Crippen LogP contribution is 2.15. The van der Waals surface area contributed by atoms with E-state index in [-0.39, 0.29) is 18.4 Å². The average molecular weight is 327 g/mol. The Morgan fingerprint density at radius 1 is 1.08 bits per heavy atom. The van der Waals surface area contributed by atoms with E-state index in [2.05, 4.69) is 27.4 Å². The van der Waals surface area contributed by atoms with Gasteiger partial charge in [0, 0.05) is 45.1 Å². The molecule has 1 aliphatic heterocycles. The smallest absolute Gasteiger partial charge is 0.272 e. The molecule has 0 atom stereocenters. The lowest BCUT2D eigenvalue weighted by atomic mass is 10.2. The van der Waals surface area contributed by atoms with Gasteiger partial charge in [0.2, 0.25) is 5.91 Å². The van der Waals surface area contributed by atoms with Crippen molar-refractivity contribution in [2.24, 2.45) is 7.05 Å². The molecule has 1 fully saturated rings. The number of rotatable bonds is 4. The van der Waals surface area contributed by atoms with Crippen molar-refractivity contribution in [1.29, 1.82) is 0 Å². The molecule has 1 aromatic heterocycles. The van der Waals surface area contributed by atoms with Crippen LogP contribution in [-0.2, 0) is 11.8 Å². The molecule has 24 heavy (non-hydrogen) atoms. The van der Waals surface area contributed by atoms with Crippen molar-refractivity contribution in [3.8, 4) is 0 Å². The SMILES string of the molecule is Cn1ccc(C(=O)NCC(=O)N2CCN(c3ccccc3)CC2)n1. The predicted molar refractivity (Wildman–Crippen MR) is 90.8 cm³/mol. The number of carbonyl (C=O) groups excluding carboxylic acids is 2. The molecule has 0 spiro atoms. The van der Waals surface area contributed by atoms with Gasteiger partial charge >= 0.3 is 0 Å². The molecule has 2 aromatic rings. The lowest BCUT2D eigenvalue weighted by Crippen LogP contribution is -2.51. The number of anilines is 1. The monoisotopic (exact) mass is 327 g/mol. The fourth-order valence-electron chi connectivity index (χ4n) is 2.75. The molecule has 0 saturated carbocycles. The number of amides is 2. The fraction of sp³-hybridized carbons (Fsp3) is 0.353. The Morgan fingerprint density at radius 2 is 1.79 bits per heavy atom. The molecule has 1 aromatic carbocycles. The Balaban J connectivity index is 1.46. The summed E-state index contributed by atoms with van der Waals surface area (Å²) in [5.74, 6) is -0.390. The highest BCUT2D eigenvalue weighted by Gasteiger charge is 2.21. The normalized spacial score (nSPS) is 14.5. The Kier molecular flexibility index (Phi) is 4.79. The molecule has 0 aliphatic carbocycles. The third kappa shape index (κ3) is 3.73. The number of hydrogen-bond donors (Lipinski definition) is 1. The van der Waals surface area contributed by atoms with E-state index in [9.17, 15) is 9.59 Å². The summed E-state index contributed by atoms with van der Waals surface area (Å²) < 4.78 is 1.56. The van der Waals surface area contributed by atoms with E-state index < -0.39 is 0 Å². The van der Waals surface area contributed by atoms with Gasteiger partial charge in [-0.25, -0.2) is 0 Å². The standard InChI is InChI=1S/C17H21N5O2/c1-20-8-7-15(19-20)17(24)18-13-16(23)22-11-9-21(10-12-22)14-5-3-2-4-6-14/h2-8H,9-13H2,1H3,(H,18,24). The zero-order valence-corrected chi connectivity index (χ0v) is 13.7. The summed E-state index contributed by atoms with van der Waals surface area (Å²) in [6, 6.07) is 11.8. The van der Waals surface area contributed by atoms with Gasteiger partial charge < -0.3 is 15.1 Å². The van der Waals surface area contributed by atoms with E-state index >= 15 is 0 Å². The summed E-state index contributed by atoms with van der Waals surface area (Å²) in [6.45, 7) is 2.91. The summed E-state index contributed by atoms with van der Waals surface area (Å²) in [4.78, 5) is 28.2. The number of aromatic nitrogens is 2. The minimum Gasteiger partial charge on any atom is -0.368 e. The molecule has 126 valence electrons. The quantitative estimate of drug-likeness (QED) is 0.888. The maximum Gasteiger partial charge on any atom is 0.272 e. The number of piperazine rings is 1. The van der Waals surface area contributed by atoms with E-state index in [1.54, 1.807) is 28.9 Å². The van der Waals surface area contributed by atoms with Gasteiger partial charge in [0.1, 0.15) is 5.69 Å². The van der Waals surface area contributed by atoms with Gasteiger partial charge in [0.15, 0.2) is 0 Å². The molecule has 1 N–H and O–H groups in total. The first-order valence-electron chi connectivity index (χ1n) is 7.99. The summed E-state index contributed by atoms with van der Waals surface area (Å²) in [5.41, 5.74) is 1.49. The molecule has 0 bridgehead atoms. The lowest BCUT2D eigenvalue weighted by molar-refractivity contribution is -0.130. The zero-order chi connectivity index (χ0) is 16.9. The van der Waals surface area contributed by atoms with Crippen LogP contribution in [0, 0.1) is 0 Å². The van der Waals surface area contributed by atoms with Crippen molar-refractivity contribution in [2.75, 3.05) is 37.6 Å². The fourth-order valence-corrected chi connectivity index (χ4v) is 2.75. The summed E-state index contributed by atoms with van der Waals surface area (Å²) >= 11 is 0. The van der Waals surface area contributed by atoms with Gasteiger partial charge in [-0.1, -0.05) is 18.2 Å². The van der Waals surface area contributed by atoms with E-state index in [4.69, 9.17) is 0 Å². The topological polar surface area (TPSA) is 70.5 Å². The van der Waals surface area contributed by atoms with Crippen molar-refractivity contribution in [2.45, 2.75) is 0 Å². The molecule has 0 unspecified atom stereocenters. The van der Waals surface area contributed by atoms with Crippen LogP contribution in [0.1, 0.15) is 10.5 Å². The third-order valence-electron chi connectivity index (χ3n) is 4.10. The average Bonchev–Trinajstić information content (AvgIpc) is 3.07. The van der Waals surface area contributed by atoms with Gasteiger partial charge in [-0.2, -0.15) is 5.10 Å². The second-order valence-electron chi connectivity index (χ2n) is 5.76. The first-order chi connectivity index (χ1) is 11.6. The van der Waals surface area contributed by atoms with Crippen LogP contribution in [0.5, 0.6) is 0 Å². The number of nitrogens with one attached hydrogen (secondary N) is 1. The Morgan fingerprint density at radius 3 is 2.42 bits per heavy atom. The van der Waals surface area contributed by atoms with Crippen LogP contribution in [-0.4, -0.2) is 59.2 Å². The van der Waals surface area contributed by atoms with Gasteiger partial charge in [-0.05, 0) is 18.2 Å². The number of nitrogens with zero attached hydrogens (tertiary/aromatic N) is 4. The summed E-state index contributed by atoms with van der Waals surface area (Å²) in [7, 11) is 1.74. The molecular formula is C17H21N5O2. The summed E-state index contributed by atoms with van der Waals surface area (Å²) in [5, 5.41) is 6.65. The minimum atomic E-state index is -0.327. The Bertz CT molecular complexity index is 705. The van der Waals surface area contributed by atoms with E-state index in [0.29, 0.717) is 18.8 Å². The molecule has 3 rings (SSSR count). The number of benzene rings is 1. The van der Waals surface area contributed by atoms with Crippen LogP contribution in [0.15, 0.2) is 42.6 Å². The second kappa shape index (κ2) is 7.16. The zero-order valence-electron chi connectivity index (χ0n) is 13.7. The third-order valence-corrected chi connectivity index (χ3v) is 4.10. The molecule has 7 heteroatoms. The van der Waals surface area contributed by atoms with Gasteiger partial charge in [-0.3, -0.25) is 14.3 Å². The summed E-state index contributed by atoms with van der Waals surface area (Å²) in [6.07, 6.45) is 1.69. The van der Waals surface area contributed by atoms with Crippen LogP contribution >= 0.6 is 0 Å². The number of para-hydroxylation sites is 1. The van der Waals surface area contributed by atoms with Crippen molar-refractivity contribution in [1.82, 2.24) is 20.0 Å². The van der Waals surface area contributed by atoms with Crippen molar-refractivity contribution in [3.63, 3.8) is 0 Å². The van der Waals surface area contributed by atoms with E-state index in [1.807, 2.05) is 18.2 Å². The van der Waals surface area contributed by atoms with Crippen molar-refractivity contribution < 1.29 is 9.59 Å². The van der Waals surface area contributed by atoms with Crippen LogP contribution in [0.4, 0.5) is 5.69 Å². The molecule has 1 saturated heterocycles. The van der Waals surface area contributed by atoms with Crippen LogP contribution in [0.3, 0.4) is 0 Å². The largest absolute Gasteiger partial charge is 0.368 e. The van der Waals surface area contributed by atoms with Gasteiger partial charge in [0.25, 0.3) is 5.91 Å². The van der Waals surface area contributed by atoms with Crippen LogP contribution in [0.2, 0.25) is 0 Å². The van der Waals surface area contributed by atoms with Gasteiger partial charge in [-0.15, -0.1) is 0 Å². The molecule has 1 aliphatic rings. The maximum atomic E-state index is 12.2. The highest BCUT2D eigenvalue weighted by molar-refractivity contribution is 5.94. The predicted octanol–water partition coefficient (Wildman–Crippen LogP) is 0.499. The number of hydrogen-bond acceptors (Lipinski definition) is 4. The molecular weight excluding hydrogens is 306 g/mol. The van der Waals surface area contributed by atoms with Crippen molar-refractivity contribution >= 4 is 17.5 Å². The Hall–Kier alpha value is -2.83.